The van der Waals surface area contributed by atoms with Crippen molar-refractivity contribution in [1.82, 2.24) is 15.1 Å². The number of hydrogen-bond donors (Lipinski definition) is 2. The number of aromatic nitrogens is 2. The van der Waals surface area contributed by atoms with Crippen molar-refractivity contribution in [3.05, 3.63) is 65.9 Å². The van der Waals surface area contributed by atoms with Gasteiger partial charge < -0.3 is 20.1 Å². The standard InChI is InChI=1S/C22H22F2N4O3.ClH/c1-28-19(12-18(27-28)15-3-2-4-17(11-15)31-22(23)24)21(29)26-16-7-5-14(6-8-16)20-13-25-9-10-30-20;/h2-8,11-12,20,22,25H,9-10,13H2,1H3,(H,26,29);1H/t20-;/m1./s1. The van der Waals surface area contributed by atoms with Gasteiger partial charge in [-0.3, -0.25) is 9.48 Å². The van der Waals surface area contributed by atoms with Crippen molar-refractivity contribution < 1.29 is 23.0 Å². The van der Waals surface area contributed by atoms with E-state index in [1.54, 1.807) is 25.2 Å². The summed E-state index contributed by atoms with van der Waals surface area (Å²) < 4.78 is 36.5. The molecule has 0 saturated carbocycles. The van der Waals surface area contributed by atoms with E-state index in [4.69, 9.17) is 4.74 Å². The van der Waals surface area contributed by atoms with E-state index in [0.29, 0.717) is 29.2 Å². The Hall–Kier alpha value is -3.01. The molecule has 170 valence electrons. The van der Waals surface area contributed by atoms with Crippen LogP contribution < -0.4 is 15.4 Å². The fraction of sp³-hybridized carbons (Fsp3) is 0.273. The fourth-order valence-electron chi connectivity index (χ4n) is 3.41. The smallest absolute Gasteiger partial charge is 0.387 e. The highest BCUT2D eigenvalue weighted by atomic mass is 35.5. The Balaban J connectivity index is 0.00000289. The van der Waals surface area contributed by atoms with Crippen molar-refractivity contribution in [3.63, 3.8) is 0 Å². The number of morpholine rings is 1. The van der Waals surface area contributed by atoms with Gasteiger partial charge in [-0.05, 0) is 35.9 Å². The molecular formula is C22H23ClF2N4O3. The molecule has 2 N–H and O–H groups in total. The number of ether oxygens (including phenoxy) is 2. The second-order valence-electron chi connectivity index (χ2n) is 7.08. The van der Waals surface area contributed by atoms with E-state index in [2.05, 4.69) is 20.5 Å². The Morgan fingerprint density at radius 2 is 2.03 bits per heavy atom. The van der Waals surface area contributed by atoms with Crippen LogP contribution in [0.1, 0.15) is 22.2 Å². The molecule has 1 fully saturated rings. The highest BCUT2D eigenvalue weighted by molar-refractivity contribution is 6.03. The molecule has 0 unspecified atom stereocenters. The zero-order valence-electron chi connectivity index (χ0n) is 17.3. The topological polar surface area (TPSA) is 77.4 Å². The van der Waals surface area contributed by atoms with Crippen LogP contribution >= 0.6 is 12.4 Å². The third kappa shape index (κ3) is 5.61. The van der Waals surface area contributed by atoms with Crippen LogP contribution in [0.5, 0.6) is 5.75 Å². The average molecular weight is 465 g/mol. The lowest BCUT2D eigenvalue weighted by Crippen LogP contribution is -2.33. The molecule has 10 heteroatoms. The first-order valence-electron chi connectivity index (χ1n) is 9.82. The van der Waals surface area contributed by atoms with Crippen LogP contribution in [0.3, 0.4) is 0 Å². The number of benzene rings is 2. The van der Waals surface area contributed by atoms with Crippen molar-refractivity contribution in [2.45, 2.75) is 12.7 Å². The van der Waals surface area contributed by atoms with Gasteiger partial charge in [-0.15, -0.1) is 12.4 Å². The maximum Gasteiger partial charge on any atom is 0.387 e. The highest BCUT2D eigenvalue weighted by Gasteiger charge is 2.17. The molecule has 1 saturated heterocycles. The molecule has 1 amide bonds. The Kier molecular flexibility index (Phi) is 7.79. The number of alkyl halides is 2. The Labute approximate surface area is 190 Å². The second kappa shape index (κ2) is 10.5. The Morgan fingerprint density at radius 1 is 1.25 bits per heavy atom. The summed E-state index contributed by atoms with van der Waals surface area (Å²) >= 11 is 0. The van der Waals surface area contributed by atoms with E-state index in [1.165, 1.54) is 16.8 Å². The van der Waals surface area contributed by atoms with Gasteiger partial charge in [0.2, 0.25) is 0 Å². The van der Waals surface area contributed by atoms with Gasteiger partial charge in [0.25, 0.3) is 5.91 Å². The molecule has 1 aliphatic heterocycles. The summed E-state index contributed by atoms with van der Waals surface area (Å²) in [5, 5.41) is 10.5. The number of anilines is 1. The van der Waals surface area contributed by atoms with E-state index in [1.807, 2.05) is 24.3 Å². The predicted molar refractivity (Wildman–Crippen MR) is 118 cm³/mol. The molecule has 3 aromatic rings. The summed E-state index contributed by atoms with van der Waals surface area (Å²) in [4.78, 5) is 12.7. The lowest BCUT2D eigenvalue weighted by atomic mass is 10.1. The van der Waals surface area contributed by atoms with Gasteiger partial charge in [0.15, 0.2) is 0 Å². The van der Waals surface area contributed by atoms with Crippen LogP contribution in [-0.4, -0.2) is 42.0 Å². The van der Waals surface area contributed by atoms with Crippen molar-refractivity contribution in [3.8, 4) is 17.0 Å². The van der Waals surface area contributed by atoms with Crippen LogP contribution in [0.25, 0.3) is 11.3 Å². The number of nitrogens with one attached hydrogen (secondary N) is 2. The first-order chi connectivity index (χ1) is 15.0. The molecule has 1 atom stereocenters. The minimum Gasteiger partial charge on any atom is -0.435 e. The number of carbonyl (C=O) groups is 1. The third-order valence-corrected chi connectivity index (χ3v) is 4.94. The Bertz CT molecular complexity index is 1050. The molecule has 0 bridgehead atoms. The van der Waals surface area contributed by atoms with Crippen LogP contribution in [0.15, 0.2) is 54.6 Å². The van der Waals surface area contributed by atoms with E-state index in [-0.39, 0.29) is 30.2 Å². The number of rotatable bonds is 6. The predicted octanol–water partition coefficient (Wildman–Crippen LogP) is 4.02. The van der Waals surface area contributed by atoms with Gasteiger partial charge in [0, 0.05) is 31.4 Å². The summed E-state index contributed by atoms with van der Waals surface area (Å²) in [6, 6.07) is 15.3. The fourth-order valence-corrected chi connectivity index (χ4v) is 3.41. The third-order valence-electron chi connectivity index (χ3n) is 4.94. The van der Waals surface area contributed by atoms with Gasteiger partial charge in [0.1, 0.15) is 11.4 Å². The SMILES string of the molecule is Cl.Cn1nc(-c2cccc(OC(F)F)c2)cc1C(=O)Nc1ccc([C@H]2CNCCO2)cc1. The maximum atomic E-state index is 12.7. The molecule has 4 rings (SSSR count). The van der Waals surface area contributed by atoms with Crippen LogP contribution in [-0.2, 0) is 11.8 Å². The number of amides is 1. The summed E-state index contributed by atoms with van der Waals surface area (Å²) in [6.07, 6.45) is 0.00273. The van der Waals surface area contributed by atoms with Crippen LogP contribution in [0, 0.1) is 0 Å². The van der Waals surface area contributed by atoms with Crippen molar-refractivity contribution >= 4 is 24.0 Å². The highest BCUT2D eigenvalue weighted by Crippen LogP contribution is 2.25. The van der Waals surface area contributed by atoms with Gasteiger partial charge >= 0.3 is 6.61 Å². The first kappa shape index (κ1) is 23.6. The summed E-state index contributed by atoms with van der Waals surface area (Å²) in [6.45, 7) is -0.635. The monoisotopic (exact) mass is 464 g/mol. The van der Waals surface area contributed by atoms with Gasteiger partial charge in [0.05, 0.1) is 18.4 Å². The first-order valence-corrected chi connectivity index (χ1v) is 9.82. The molecule has 1 aliphatic rings. The molecule has 1 aromatic heterocycles. The number of halogens is 3. The van der Waals surface area contributed by atoms with Crippen LogP contribution in [0.2, 0.25) is 0 Å². The molecule has 0 spiro atoms. The van der Waals surface area contributed by atoms with E-state index in [9.17, 15) is 13.6 Å². The Morgan fingerprint density at radius 3 is 2.72 bits per heavy atom. The summed E-state index contributed by atoms with van der Waals surface area (Å²) in [5.74, 6) is -0.300. The van der Waals surface area contributed by atoms with E-state index >= 15 is 0 Å². The molecule has 32 heavy (non-hydrogen) atoms. The molecule has 2 heterocycles. The number of carbonyl (C=O) groups excluding carboxylic acids is 1. The zero-order valence-corrected chi connectivity index (χ0v) is 18.1. The molecule has 0 aliphatic carbocycles. The number of nitrogens with zero attached hydrogens (tertiary/aromatic N) is 2. The van der Waals surface area contributed by atoms with Gasteiger partial charge in [-0.2, -0.15) is 13.9 Å². The van der Waals surface area contributed by atoms with Crippen molar-refractivity contribution in [1.29, 1.82) is 0 Å². The minimum absolute atomic E-state index is 0. The zero-order chi connectivity index (χ0) is 21.8. The quantitative estimate of drug-likeness (QED) is 0.576. The molecule has 7 nitrogen and oxygen atoms in total. The summed E-state index contributed by atoms with van der Waals surface area (Å²) in [5.41, 5.74) is 3.06. The maximum absolute atomic E-state index is 12.7. The minimum atomic E-state index is -2.91. The van der Waals surface area contributed by atoms with E-state index in [0.717, 1.165) is 18.7 Å². The lowest BCUT2D eigenvalue weighted by molar-refractivity contribution is -0.0498. The number of hydrogen-bond acceptors (Lipinski definition) is 5. The summed E-state index contributed by atoms with van der Waals surface area (Å²) in [7, 11) is 1.65. The molecule has 2 aromatic carbocycles. The average Bonchev–Trinajstić information content (AvgIpc) is 3.16. The van der Waals surface area contributed by atoms with Crippen LogP contribution in [0.4, 0.5) is 14.5 Å². The second-order valence-corrected chi connectivity index (χ2v) is 7.08. The number of aryl methyl sites for hydroxylation is 1. The largest absolute Gasteiger partial charge is 0.435 e. The van der Waals surface area contributed by atoms with Gasteiger partial charge in [-0.25, -0.2) is 0 Å². The lowest BCUT2D eigenvalue weighted by Gasteiger charge is -2.24. The van der Waals surface area contributed by atoms with Gasteiger partial charge in [-0.1, -0.05) is 24.3 Å². The van der Waals surface area contributed by atoms with Crippen molar-refractivity contribution in [2.24, 2.45) is 7.05 Å². The van der Waals surface area contributed by atoms with Crippen molar-refractivity contribution in [2.75, 3.05) is 25.0 Å². The van der Waals surface area contributed by atoms with E-state index < -0.39 is 6.61 Å². The molecule has 0 radical (unpaired) electrons. The molecular weight excluding hydrogens is 442 g/mol. The normalized spacial score (nSPS) is 15.8.